The van der Waals surface area contributed by atoms with Crippen LogP contribution in [-0.2, 0) is 11.3 Å². The first-order valence-corrected chi connectivity index (χ1v) is 7.55. The number of hydrogen-bond donors (Lipinski definition) is 1. The van der Waals surface area contributed by atoms with Gasteiger partial charge in [0.25, 0.3) is 0 Å². The average molecular weight is 334 g/mol. The smallest absolute Gasteiger partial charge is 0.244 e. The summed E-state index contributed by atoms with van der Waals surface area (Å²) in [6, 6.07) is 5.32. The summed E-state index contributed by atoms with van der Waals surface area (Å²) < 4.78 is 12.3. The molecule has 1 aliphatic rings. The third kappa shape index (κ3) is 3.84. The lowest BCUT2D eigenvalue weighted by Gasteiger charge is -2.12. The minimum absolute atomic E-state index is 0.0348. The van der Waals surface area contributed by atoms with Gasteiger partial charge in [-0.1, -0.05) is 11.6 Å². The van der Waals surface area contributed by atoms with Gasteiger partial charge >= 0.3 is 0 Å². The van der Waals surface area contributed by atoms with E-state index < -0.39 is 0 Å². The highest BCUT2D eigenvalue weighted by Gasteiger charge is 2.17. The first kappa shape index (κ1) is 15.4. The Balaban J connectivity index is 1.59. The Labute approximate surface area is 138 Å². The number of carbonyl (C=O) groups is 1. The number of benzene rings is 1. The van der Waals surface area contributed by atoms with Gasteiger partial charge in [-0.05, 0) is 36.8 Å². The van der Waals surface area contributed by atoms with Crippen molar-refractivity contribution in [2.75, 3.05) is 6.79 Å². The van der Waals surface area contributed by atoms with E-state index in [9.17, 15) is 4.79 Å². The second-order valence-corrected chi connectivity index (χ2v) is 5.61. The number of ether oxygens (including phenoxy) is 2. The molecule has 1 atom stereocenters. The summed E-state index contributed by atoms with van der Waals surface area (Å²) in [6.07, 6.45) is 6.71. The number of carbonyl (C=O) groups excluding carboxylic acids is 1. The molecule has 0 spiro atoms. The standard InChI is InChI=1S/C16H16ClN3O3/c1-11(9-20-6-2-5-18-20)19-15(21)4-3-12-7-13(17)16-14(8-12)22-10-23-16/h2-8,11H,9-10H2,1H3,(H,19,21)/b4-3-/t11-/m0/s1. The zero-order chi connectivity index (χ0) is 16.2. The Morgan fingerprint density at radius 1 is 1.52 bits per heavy atom. The van der Waals surface area contributed by atoms with E-state index in [1.54, 1.807) is 29.1 Å². The molecule has 0 fully saturated rings. The normalized spacial score (nSPS) is 14.2. The van der Waals surface area contributed by atoms with Crippen molar-refractivity contribution in [2.24, 2.45) is 0 Å². The van der Waals surface area contributed by atoms with Gasteiger partial charge in [0.2, 0.25) is 12.7 Å². The van der Waals surface area contributed by atoms with Crippen LogP contribution >= 0.6 is 11.6 Å². The van der Waals surface area contributed by atoms with Crippen LogP contribution in [0.5, 0.6) is 11.5 Å². The largest absolute Gasteiger partial charge is 0.454 e. The van der Waals surface area contributed by atoms with Crippen molar-refractivity contribution in [3.8, 4) is 11.5 Å². The maximum atomic E-state index is 12.0. The Kier molecular flexibility index (Phi) is 4.52. The van der Waals surface area contributed by atoms with Gasteiger partial charge in [0, 0.05) is 24.5 Å². The van der Waals surface area contributed by atoms with E-state index in [0.29, 0.717) is 23.1 Å². The molecular formula is C16H16ClN3O3. The van der Waals surface area contributed by atoms with Crippen molar-refractivity contribution in [3.05, 3.63) is 47.3 Å². The zero-order valence-corrected chi connectivity index (χ0v) is 13.3. The van der Waals surface area contributed by atoms with Gasteiger partial charge in [0.05, 0.1) is 11.6 Å². The van der Waals surface area contributed by atoms with Gasteiger partial charge in [-0.3, -0.25) is 9.48 Å². The molecule has 0 aliphatic carbocycles. The highest BCUT2D eigenvalue weighted by atomic mass is 35.5. The lowest BCUT2D eigenvalue weighted by atomic mass is 10.2. The van der Waals surface area contributed by atoms with E-state index in [2.05, 4.69) is 10.4 Å². The van der Waals surface area contributed by atoms with Crippen LogP contribution in [0.2, 0.25) is 5.02 Å². The van der Waals surface area contributed by atoms with Crippen molar-refractivity contribution in [3.63, 3.8) is 0 Å². The van der Waals surface area contributed by atoms with Gasteiger partial charge in [0.15, 0.2) is 11.5 Å². The van der Waals surface area contributed by atoms with Crippen molar-refractivity contribution in [1.82, 2.24) is 15.1 Å². The van der Waals surface area contributed by atoms with E-state index >= 15 is 0 Å². The number of fused-ring (bicyclic) bond motifs is 1. The first-order valence-electron chi connectivity index (χ1n) is 7.17. The van der Waals surface area contributed by atoms with Gasteiger partial charge < -0.3 is 14.8 Å². The Hall–Kier alpha value is -2.47. The van der Waals surface area contributed by atoms with Crippen LogP contribution in [0.1, 0.15) is 12.5 Å². The second kappa shape index (κ2) is 6.75. The van der Waals surface area contributed by atoms with E-state index in [0.717, 1.165) is 5.56 Å². The first-order chi connectivity index (χ1) is 11.1. The number of halogens is 1. The summed E-state index contributed by atoms with van der Waals surface area (Å²) >= 11 is 6.10. The minimum atomic E-state index is -0.182. The molecule has 1 N–H and O–H groups in total. The number of nitrogens with zero attached hydrogens (tertiary/aromatic N) is 2. The molecule has 1 amide bonds. The average Bonchev–Trinajstić information content (AvgIpc) is 3.16. The molecular weight excluding hydrogens is 318 g/mol. The quantitative estimate of drug-likeness (QED) is 0.854. The predicted octanol–water partition coefficient (Wildman–Crippen LogP) is 2.48. The number of amides is 1. The Morgan fingerprint density at radius 2 is 2.39 bits per heavy atom. The van der Waals surface area contributed by atoms with E-state index in [1.165, 1.54) is 6.08 Å². The van der Waals surface area contributed by atoms with Crippen LogP contribution in [0, 0.1) is 0 Å². The zero-order valence-electron chi connectivity index (χ0n) is 12.5. The molecule has 23 heavy (non-hydrogen) atoms. The van der Waals surface area contributed by atoms with E-state index in [4.69, 9.17) is 21.1 Å². The van der Waals surface area contributed by atoms with Crippen LogP contribution in [-0.4, -0.2) is 28.5 Å². The summed E-state index contributed by atoms with van der Waals surface area (Å²) in [5.74, 6) is 0.948. The molecule has 120 valence electrons. The summed E-state index contributed by atoms with van der Waals surface area (Å²) in [5, 5.41) is 7.45. The molecule has 0 saturated carbocycles. The molecule has 1 aliphatic heterocycles. The SMILES string of the molecule is C[C@@H](Cn1cccn1)NC(=O)/C=C\c1cc(Cl)c2c(c1)OCO2. The van der Waals surface area contributed by atoms with Crippen molar-refractivity contribution in [2.45, 2.75) is 19.5 Å². The van der Waals surface area contributed by atoms with Crippen LogP contribution in [0.15, 0.2) is 36.7 Å². The topological polar surface area (TPSA) is 65.4 Å². The maximum absolute atomic E-state index is 12.0. The number of aromatic nitrogens is 2. The fourth-order valence-electron chi connectivity index (χ4n) is 2.28. The van der Waals surface area contributed by atoms with Crippen molar-refractivity contribution < 1.29 is 14.3 Å². The number of rotatable bonds is 5. The molecule has 0 bridgehead atoms. The lowest BCUT2D eigenvalue weighted by Crippen LogP contribution is -2.34. The van der Waals surface area contributed by atoms with Crippen LogP contribution in [0.4, 0.5) is 0 Å². The fraction of sp³-hybridized carbons (Fsp3) is 0.250. The molecule has 0 saturated heterocycles. The molecule has 0 radical (unpaired) electrons. The molecule has 7 heteroatoms. The summed E-state index contributed by atoms with van der Waals surface area (Å²) in [4.78, 5) is 12.0. The van der Waals surface area contributed by atoms with Gasteiger partial charge in [-0.2, -0.15) is 5.10 Å². The highest BCUT2D eigenvalue weighted by molar-refractivity contribution is 6.32. The summed E-state index contributed by atoms with van der Waals surface area (Å²) in [6.45, 7) is 2.70. The maximum Gasteiger partial charge on any atom is 0.244 e. The molecule has 6 nitrogen and oxygen atoms in total. The fourth-order valence-corrected chi connectivity index (χ4v) is 2.55. The lowest BCUT2D eigenvalue weighted by molar-refractivity contribution is -0.117. The minimum Gasteiger partial charge on any atom is -0.454 e. The van der Waals surface area contributed by atoms with E-state index in [1.807, 2.05) is 19.2 Å². The highest BCUT2D eigenvalue weighted by Crippen LogP contribution is 2.39. The monoisotopic (exact) mass is 333 g/mol. The van der Waals surface area contributed by atoms with Gasteiger partial charge in [-0.25, -0.2) is 0 Å². The third-order valence-corrected chi connectivity index (χ3v) is 3.57. The second-order valence-electron chi connectivity index (χ2n) is 5.21. The third-order valence-electron chi connectivity index (χ3n) is 3.29. The van der Waals surface area contributed by atoms with Gasteiger partial charge in [0.1, 0.15) is 0 Å². The molecule has 2 heterocycles. The van der Waals surface area contributed by atoms with Crippen LogP contribution < -0.4 is 14.8 Å². The summed E-state index contributed by atoms with van der Waals surface area (Å²) in [7, 11) is 0. The molecule has 1 aromatic carbocycles. The van der Waals surface area contributed by atoms with E-state index in [-0.39, 0.29) is 18.7 Å². The van der Waals surface area contributed by atoms with Crippen molar-refractivity contribution in [1.29, 1.82) is 0 Å². The molecule has 1 aromatic heterocycles. The van der Waals surface area contributed by atoms with Gasteiger partial charge in [-0.15, -0.1) is 0 Å². The molecule has 2 aromatic rings. The van der Waals surface area contributed by atoms with Crippen LogP contribution in [0.25, 0.3) is 6.08 Å². The Morgan fingerprint density at radius 3 is 3.17 bits per heavy atom. The summed E-state index contributed by atoms with van der Waals surface area (Å²) in [5.41, 5.74) is 0.772. The number of hydrogen-bond acceptors (Lipinski definition) is 4. The van der Waals surface area contributed by atoms with Crippen molar-refractivity contribution >= 4 is 23.6 Å². The Bertz CT molecular complexity index is 728. The van der Waals surface area contributed by atoms with Crippen LogP contribution in [0.3, 0.4) is 0 Å². The molecule has 0 unspecified atom stereocenters. The molecule has 3 rings (SSSR count). The number of nitrogens with one attached hydrogen (secondary N) is 1. The predicted molar refractivity (Wildman–Crippen MR) is 86.4 cm³/mol.